The zero-order valence-electron chi connectivity index (χ0n) is 23.1. The predicted octanol–water partition coefficient (Wildman–Crippen LogP) is 4.82. The lowest BCUT2D eigenvalue weighted by atomic mass is 10.1. The summed E-state index contributed by atoms with van der Waals surface area (Å²) in [6.45, 7) is 12.9. The van der Waals surface area contributed by atoms with E-state index in [1.54, 1.807) is 0 Å². The van der Waals surface area contributed by atoms with Crippen LogP contribution in [-0.4, -0.2) is 69.7 Å². The van der Waals surface area contributed by atoms with E-state index >= 15 is 0 Å². The lowest BCUT2D eigenvalue weighted by Crippen LogP contribution is -2.39. The maximum Gasteiger partial charge on any atom is 0.234 e. The maximum absolute atomic E-state index is 12.5. The van der Waals surface area contributed by atoms with Gasteiger partial charge in [0.05, 0.1) is 6.54 Å². The minimum absolute atomic E-state index is 0.195. The van der Waals surface area contributed by atoms with Crippen molar-refractivity contribution in [2.24, 2.45) is 5.73 Å². The molecule has 0 saturated carbocycles. The Morgan fingerprint density at radius 1 is 0.588 bits per heavy atom. The first-order valence-corrected chi connectivity index (χ1v) is 14.8. The molecule has 0 rings (SSSR count). The monoisotopic (exact) mass is 483 g/mol. The van der Waals surface area contributed by atoms with Gasteiger partial charge in [0.15, 0.2) is 0 Å². The topological polar surface area (TPSA) is 82.4 Å². The van der Waals surface area contributed by atoms with Crippen molar-refractivity contribution in [1.29, 1.82) is 0 Å². The van der Waals surface area contributed by atoms with Crippen molar-refractivity contribution in [3.8, 4) is 0 Å². The molecular weight excluding hydrogens is 422 g/mol. The first-order chi connectivity index (χ1) is 16.7. The second-order valence-electron chi connectivity index (χ2n) is 9.86. The molecule has 0 fully saturated rings. The minimum atomic E-state index is 0.195. The molecule has 0 unspecified atom stereocenters. The van der Waals surface area contributed by atoms with Gasteiger partial charge in [0.1, 0.15) is 0 Å². The van der Waals surface area contributed by atoms with Crippen LogP contribution in [0.3, 0.4) is 0 Å². The average Bonchev–Trinajstić information content (AvgIpc) is 2.83. The molecule has 0 aliphatic heterocycles. The molecule has 0 atom stereocenters. The first kappa shape index (κ1) is 33.3. The van der Waals surface area contributed by atoms with Crippen LogP contribution >= 0.6 is 0 Å². The van der Waals surface area contributed by atoms with E-state index in [4.69, 9.17) is 5.73 Å². The molecule has 6 heteroatoms. The maximum atomic E-state index is 12.5. The molecule has 0 aromatic rings. The molecule has 0 radical (unpaired) electrons. The van der Waals surface area contributed by atoms with Gasteiger partial charge in [0, 0.05) is 6.54 Å². The van der Waals surface area contributed by atoms with E-state index in [0.717, 1.165) is 65.2 Å². The number of amides is 1. The van der Waals surface area contributed by atoms with Crippen molar-refractivity contribution in [3.63, 3.8) is 0 Å². The van der Waals surface area contributed by atoms with Crippen molar-refractivity contribution in [1.82, 2.24) is 20.9 Å². The van der Waals surface area contributed by atoms with E-state index < -0.39 is 0 Å². The molecule has 0 aromatic carbocycles. The number of nitrogens with one attached hydrogen (secondary N) is 3. The molecular formula is C28H61N5O. The zero-order valence-corrected chi connectivity index (χ0v) is 23.1. The SMILES string of the molecule is CCCCCCCCN(CCCCCCCC)CC(=O)NCCCNCCCCNCCCN. The van der Waals surface area contributed by atoms with Crippen molar-refractivity contribution in [2.45, 2.75) is 117 Å². The van der Waals surface area contributed by atoms with Crippen LogP contribution in [0.2, 0.25) is 0 Å². The molecule has 0 bridgehead atoms. The predicted molar refractivity (Wildman–Crippen MR) is 149 cm³/mol. The third-order valence-electron chi connectivity index (χ3n) is 6.39. The summed E-state index contributed by atoms with van der Waals surface area (Å²) in [7, 11) is 0. The number of unbranched alkanes of at least 4 members (excludes halogenated alkanes) is 11. The number of hydrogen-bond donors (Lipinski definition) is 4. The third-order valence-corrected chi connectivity index (χ3v) is 6.39. The van der Waals surface area contributed by atoms with Crippen LogP contribution in [0.15, 0.2) is 0 Å². The smallest absolute Gasteiger partial charge is 0.234 e. The Morgan fingerprint density at radius 3 is 1.59 bits per heavy atom. The van der Waals surface area contributed by atoms with Crippen LogP contribution < -0.4 is 21.7 Å². The number of hydrogen-bond acceptors (Lipinski definition) is 5. The molecule has 0 aliphatic carbocycles. The van der Waals surface area contributed by atoms with E-state index in [2.05, 4.69) is 34.7 Å². The van der Waals surface area contributed by atoms with Gasteiger partial charge >= 0.3 is 0 Å². The van der Waals surface area contributed by atoms with Gasteiger partial charge in [0.2, 0.25) is 5.91 Å². The Balaban J connectivity index is 3.86. The molecule has 0 heterocycles. The number of nitrogens with two attached hydrogens (primary N) is 1. The van der Waals surface area contributed by atoms with Crippen molar-refractivity contribution < 1.29 is 4.79 Å². The number of carbonyl (C=O) groups excluding carboxylic acids is 1. The lowest BCUT2D eigenvalue weighted by Gasteiger charge is -2.22. The molecule has 0 saturated heterocycles. The third kappa shape index (κ3) is 25.9. The van der Waals surface area contributed by atoms with Gasteiger partial charge < -0.3 is 21.7 Å². The first-order valence-electron chi connectivity index (χ1n) is 14.8. The van der Waals surface area contributed by atoms with Crippen LogP contribution in [-0.2, 0) is 4.79 Å². The summed E-state index contributed by atoms with van der Waals surface area (Å²) in [6.07, 6.45) is 20.2. The van der Waals surface area contributed by atoms with E-state index in [1.807, 2.05) is 0 Å². The second kappa shape index (κ2) is 28.5. The molecule has 6 nitrogen and oxygen atoms in total. The van der Waals surface area contributed by atoms with Crippen molar-refractivity contribution in [3.05, 3.63) is 0 Å². The largest absolute Gasteiger partial charge is 0.355 e. The number of rotatable bonds is 28. The van der Waals surface area contributed by atoms with E-state index in [1.165, 1.54) is 89.9 Å². The normalized spacial score (nSPS) is 11.4. The average molecular weight is 484 g/mol. The van der Waals surface area contributed by atoms with E-state index in [0.29, 0.717) is 6.54 Å². The number of carbonyl (C=O) groups is 1. The Bertz CT molecular complexity index is 392. The molecule has 34 heavy (non-hydrogen) atoms. The molecule has 0 aliphatic rings. The van der Waals surface area contributed by atoms with Crippen molar-refractivity contribution in [2.75, 3.05) is 58.9 Å². The highest BCUT2D eigenvalue weighted by Crippen LogP contribution is 2.09. The Kier molecular flexibility index (Phi) is 28.0. The van der Waals surface area contributed by atoms with E-state index in [9.17, 15) is 4.79 Å². The molecule has 0 aromatic heterocycles. The molecule has 204 valence electrons. The quantitative estimate of drug-likeness (QED) is 0.120. The lowest BCUT2D eigenvalue weighted by molar-refractivity contribution is -0.122. The van der Waals surface area contributed by atoms with Gasteiger partial charge in [-0.25, -0.2) is 0 Å². The highest BCUT2D eigenvalue weighted by Gasteiger charge is 2.10. The standard InChI is InChI=1S/C28H61N5O/c1-3-5-7-9-11-15-25-33(26-16-12-10-8-6-4-2)27-28(34)32-24-18-23-31-21-14-13-20-30-22-17-19-29/h30-31H,3-27,29H2,1-2H3,(H,32,34). The fraction of sp³-hybridized carbons (Fsp3) is 0.964. The molecule has 1 amide bonds. The number of nitrogens with zero attached hydrogens (tertiary/aromatic N) is 1. The van der Waals surface area contributed by atoms with Gasteiger partial charge in [-0.2, -0.15) is 0 Å². The van der Waals surface area contributed by atoms with Crippen LogP contribution in [0.1, 0.15) is 117 Å². The summed E-state index contributed by atoms with van der Waals surface area (Å²) in [5, 5.41) is 10.0. The van der Waals surface area contributed by atoms with Crippen LogP contribution in [0.25, 0.3) is 0 Å². The van der Waals surface area contributed by atoms with Gasteiger partial charge in [-0.3, -0.25) is 9.69 Å². The fourth-order valence-corrected chi connectivity index (χ4v) is 4.18. The highest BCUT2D eigenvalue weighted by molar-refractivity contribution is 5.77. The second-order valence-corrected chi connectivity index (χ2v) is 9.86. The van der Waals surface area contributed by atoms with Crippen LogP contribution in [0, 0.1) is 0 Å². The summed E-state index contributed by atoms with van der Waals surface area (Å²) in [5.41, 5.74) is 5.49. The van der Waals surface area contributed by atoms with Gasteiger partial charge in [0.25, 0.3) is 0 Å². The molecule has 0 spiro atoms. The highest BCUT2D eigenvalue weighted by atomic mass is 16.2. The summed E-state index contributed by atoms with van der Waals surface area (Å²) in [5.74, 6) is 0.195. The van der Waals surface area contributed by atoms with Gasteiger partial charge in [-0.15, -0.1) is 0 Å². The van der Waals surface area contributed by atoms with Gasteiger partial charge in [-0.1, -0.05) is 78.1 Å². The Hall–Kier alpha value is -0.690. The Morgan fingerprint density at radius 2 is 1.06 bits per heavy atom. The summed E-state index contributed by atoms with van der Waals surface area (Å²) in [4.78, 5) is 14.9. The van der Waals surface area contributed by atoms with Crippen LogP contribution in [0.4, 0.5) is 0 Å². The molecule has 5 N–H and O–H groups in total. The summed E-state index contributed by atoms with van der Waals surface area (Å²) >= 11 is 0. The Labute approximate surface area is 213 Å². The fourth-order valence-electron chi connectivity index (χ4n) is 4.18. The van der Waals surface area contributed by atoms with Gasteiger partial charge in [-0.05, 0) is 84.3 Å². The van der Waals surface area contributed by atoms with E-state index in [-0.39, 0.29) is 5.91 Å². The van der Waals surface area contributed by atoms with Crippen molar-refractivity contribution >= 4 is 5.91 Å². The minimum Gasteiger partial charge on any atom is -0.355 e. The zero-order chi connectivity index (χ0) is 25.0. The summed E-state index contributed by atoms with van der Waals surface area (Å²) < 4.78 is 0. The van der Waals surface area contributed by atoms with Crippen LogP contribution in [0.5, 0.6) is 0 Å². The summed E-state index contributed by atoms with van der Waals surface area (Å²) in [6, 6.07) is 0.